The SMILES string of the molecule is COc1ccccc1C=NC1CCCC1N=Cc1ccccc1OC. The van der Waals surface area contributed by atoms with Crippen LogP contribution in [0.2, 0.25) is 0 Å². The summed E-state index contributed by atoms with van der Waals surface area (Å²) in [5.74, 6) is 1.69. The van der Waals surface area contributed by atoms with Crippen LogP contribution in [0.1, 0.15) is 30.4 Å². The normalized spacial score (nSPS) is 20.4. The summed E-state index contributed by atoms with van der Waals surface area (Å²) in [6.45, 7) is 0. The van der Waals surface area contributed by atoms with Crippen molar-refractivity contribution in [1.29, 1.82) is 0 Å². The second-order valence-electron chi connectivity index (χ2n) is 6.11. The second-order valence-corrected chi connectivity index (χ2v) is 6.11. The highest BCUT2D eigenvalue weighted by Crippen LogP contribution is 2.26. The quantitative estimate of drug-likeness (QED) is 0.743. The van der Waals surface area contributed by atoms with Crippen molar-refractivity contribution in [3.63, 3.8) is 0 Å². The van der Waals surface area contributed by atoms with Gasteiger partial charge in [0.25, 0.3) is 0 Å². The number of benzene rings is 2. The molecule has 1 fully saturated rings. The molecule has 1 aliphatic carbocycles. The van der Waals surface area contributed by atoms with Gasteiger partial charge in [-0.3, -0.25) is 9.98 Å². The lowest BCUT2D eigenvalue weighted by Crippen LogP contribution is -2.16. The van der Waals surface area contributed by atoms with Crippen LogP contribution < -0.4 is 9.47 Å². The molecule has 3 rings (SSSR count). The summed E-state index contributed by atoms with van der Waals surface area (Å²) >= 11 is 0. The van der Waals surface area contributed by atoms with Crippen LogP contribution in [0.15, 0.2) is 58.5 Å². The Balaban J connectivity index is 1.72. The minimum Gasteiger partial charge on any atom is -0.496 e. The zero-order valence-corrected chi connectivity index (χ0v) is 14.8. The monoisotopic (exact) mass is 336 g/mol. The smallest absolute Gasteiger partial charge is 0.127 e. The lowest BCUT2D eigenvalue weighted by Gasteiger charge is -2.12. The Morgan fingerprint density at radius 2 is 1.20 bits per heavy atom. The molecule has 4 heteroatoms. The highest BCUT2D eigenvalue weighted by atomic mass is 16.5. The van der Waals surface area contributed by atoms with Crippen molar-refractivity contribution in [2.75, 3.05) is 14.2 Å². The predicted molar refractivity (Wildman–Crippen MR) is 103 cm³/mol. The Labute approximate surface area is 149 Å². The van der Waals surface area contributed by atoms with Gasteiger partial charge in [0.2, 0.25) is 0 Å². The number of para-hydroxylation sites is 2. The number of ether oxygens (including phenoxy) is 2. The fourth-order valence-corrected chi connectivity index (χ4v) is 3.17. The van der Waals surface area contributed by atoms with Crippen LogP contribution >= 0.6 is 0 Å². The van der Waals surface area contributed by atoms with Crippen molar-refractivity contribution in [1.82, 2.24) is 0 Å². The average Bonchev–Trinajstić information content (AvgIpc) is 3.12. The van der Waals surface area contributed by atoms with Crippen molar-refractivity contribution >= 4 is 12.4 Å². The molecule has 2 unspecified atom stereocenters. The zero-order chi connectivity index (χ0) is 17.5. The molecule has 0 saturated heterocycles. The number of hydrogen-bond acceptors (Lipinski definition) is 4. The minimum atomic E-state index is 0.218. The van der Waals surface area contributed by atoms with E-state index in [1.807, 2.05) is 61.0 Å². The minimum absolute atomic E-state index is 0.218. The third-order valence-corrected chi connectivity index (χ3v) is 4.53. The Morgan fingerprint density at radius 1 is 0.760 bits per heavy atom. The molecule has 2 aromatic rings. The van der Waals surface area contributed by atoms with E-state index in [1.165, 1.54) is 0 Å². The molecule has 0 spiro atoms. The van der Waals surface area contributed by atoms with Gasteiger partial charge < -0.3 is 9.47 Å². The largest absolute Gasteiger partial charge is 0.496 e. The fraction of sp³-hybridized carbons (Fsp3) is 0.333. The van der Waals surface area contributed by atoms with E-state index in [9.17, 15) is 0 Å². The van der Waals surface area contributed by atoms with E-state index in [-0.39, 0.29) is 12.1 Å². The molecule has 0 amide bonds. The van der Waals surface area contributed by atoms with Crippen LogP contribution in [-0.4, -0.2) is 38.7 Å². The molecule has 4 nitrogen and oxygen atoms in total. The third kappa shape index (κ3) is 4.27. The molecule has 1 saturated carbocycles. The summed E-state index contributed by atoms with van der Waals surface area (Å²) in [5, 5.41) is 0. The first-order valence-electron chi connectivity index (χ1n) is 8.64. The summed E-state index contributed by atoms with van der Waals surface area (Å²) in [6.07, 6.45) is 7.13. The van der Waals surface area contributed by atoms with Crippen LogP contribution in [0.3, 0.4) is 0 Å². The first-order valence-corrected chi connectivity index (χ1v) is 8.64. The predicted octanol–water partition coefficient (Wildman–Crippen LogP) is 4.16. The maximum absolute atomic E-state index is 5.38. The Kier molecular flexibility index (Phi) is 5.83. The van der Waals surface area contributed by atoms with Gasteiger partial charge in [-0.25, -0.2) is 0 Å². The first kappa shape index (κ1) is 17.2. The van der Waals surface area contributed by atoms with E-state index in [2.05, 4.69) is 0 Å². The topological polar surface area (TPSA) is 43.2 Å². The summed E-state index contributed by atoms with van der Waals surface area (Å²) in [7, 11) is 3.37. The Morgan fingerprint density at radius 3 is 1.64 bits per heavy atom. The van der Waals surface area contributed by atoms with E-state index in [0.29, 0.717) is 0 Å². The molecule has 2 aromatic carbocycles. The third-order valence-electron chi connectivity index (χ3n) is 4.53. The fourth-order valence-electron chi connectivity index (χ4n) is 3.17. The van der Waals surface area contributed by atoms with E-state index >= 15 is 0 Å². The number of hydrogen-bond donors (Lipinski definition) is 0. The van der Waals surface area contributed by atoms with Crippen LogP contribution in [-0.2, 0) is 0 Å². The molecule has 130 valence electrons. The lowest BCUT2D eigenvalue weighted by molar-refractivity contribution is 0.414. The molecule has 25 heavy (non-hydrogen) atoms. The van der Waals surface area contributed by atoms with Crippen molar-refractivity contribution in [3.8, 4) is 11.5 Å². The maximum atomic E-state index is 5.38. The molecule has 0 bridgehead atoms. The van der Waals surface area contributed by atoms with Gasteiger partial charge in [0.05, 0.1) is 26.3 Å². The van der Waals surface area contributed by atoms with Crippen LogP contribution in [0.25, 0.3) is 0 Å². The highest BCUT2D eigenvalue weighted by Gasteiger charge is 2.25. The first-order chi connectivity index (χ1) is 12.3. The van der Waals surface area contributed by atoms with Crippen LogP contribution in [0.5, 0.6) is 11.5 Å². The van der Waals surface area contributed by atoms with Crippen LogP contribution in [0.4, 0.5) is 0 Å². The van der Waals surface area contributed by atoms with Crippen molar-refractivity contribution in [3.05, 3.63) is 59.7 Å². The molecular formula is C21H24N2O2. The number of nitrogens with zero attached hydrogens (tertiary/aromatic N) is 2. The number of methoxy groups -OCH3 is 2. The molecule has 0 aliphatic heterocycles. The Bertz CT molecular complexity index is 692. The van der Waals surface area contributed by atoms with E-state index in [0.717, 1.165) is 41.9 Å². The summed E-state index contributed by atoms with van der Waals surface area (Å²) in [5.41, 5.74) is 2.01. The summed E-state index contributed by atoms with van der Waals surface area (Å²) in [4.78, 5) is 9.58. The molecular weight excluding hydrogens is 312 g/mol. The van der Waals surface area contributed by atoms with E-state index in [1.54, 1.807) is 14.2 Å². The van der Waals surface area contributed by atoms with Gasteiger partial charge >= 0.3 is 0 Å². The maximum Gasteiger partial charge on any atom is 0.127 e. The lowest BCUT2D eigenvalue weighted by atomic mass is 10.1. The number of aliphatic imine (C=N–C) groups is 2. The molecule has 2 atom stereocenters. The van der Waals surface area contributed by atoms with Crippen molar-refractivity contribution in [2.45, 2.75) is 31.3 Å². The van der Waals surface area contributed by atoms with Gasteiger partial charge in [-0.05, 0) is 43.5 Å². The van der Waals surface area contributed by atoms with Gasteiger partial charge in [-0.2, -0.15) is 0 Å². The summed E-state index contributed by atoms with van der Waals surface area (Å²) < 4.78 is 10.8. The van der Waals surface area contributed by atoms with Gasteiger partial charge in [0.15, 0.2) is 0 Å². The molecule has 0 aromatic heterocycles. The van der Waals surface area contributed by atoms with Gasteiger partial charge in [-0.1, -0.05) is 24.3 Å². The average molecular weight is 336 g/mol. The van der Waals surface area contributed by atoms with Crippen LogP contribution in [0, 0.1) is 0 Å². The van der Waals surface area contributed by atoms with E-state index in [4.69, 9.17) is 19.5 Å². The number of rotatable bonds is 6. The van der Waals surface area contributed by atoms with Gasteiger partial charge in [-0.15, -0.1) is 0 Å². The Hall–Kier alpha value is -2.62. The highest BCUT2D eigenvalue weighted by molar-refractivity contribution is 5.84. The van der Waals surface area contributed by atoms with Gasteiger partial charge in [0.1, 0.15) is 11.5 Å². The van der Waals surface area contributed by atoms with Crippen molar-refractivity contribution in [2.24, 2.45) is 9.98 Å². The van der Waals surface area contributed by atoms with Crippen molar-refractivity contribution < 1.29 is 9.47 Å². The van der Waals surface area contributed by atoms with Gasteiger partial charge in [0, 0.05) is 23.6 Å². The molecule has 0 N–H and O–H groups in total. The standard InChI is InChI=1S/C21H24N2O2/c1-24-20-12-5-3-8-16(20)14-22-18-10-7-11-19(18)23-15-17-9-4-6-13-21(17)25-2/h3-6,8-9,12-15,18-19H,7,10-11H2,1-2H3. The summed E-state index contributed by atoms with van der Waals surface area (Å²) in [6, 6.07) is 16.3. The second kappa shape index (κ2) is 8.47. The molecule has 0 heterocycles. The van der Waals surface area contributed by atoms with E-state index < -0.39 is 0 Å². The molecule has 1 aliphatic rings. The molecule has 0 radical (unpaired) electrons. The zero-order valence-electron chi connectivity index (χ0n) is 14.8.